The summed E-state index contributed by atoms with van der Waals surface area (Å²) in [6.45, 7) is 0.840. The molecule has 3 nitrogen and oxygen atoms in total. The van der Waals surface area contributed by atoms with Gasteiger partial charge in [-0.2, -0.15) is 0 Å². The molecule has 2 heterocycles. The van der Waals surface area contributed by atoms with Crippen LogP contribution in [0.1, 0.15) is 30.6 Å². The lowest BCUT2D eigenvalue weighted by molar-refractivity contribution is 0.719. The summed E-state index contributed by atoms with van der Waals surface area (Å²) in [4.78, 5) is 5.66. The lowest BCUT2D eigenvalue weighted by Crippen LogP contribution is -2.18. The Bertz CT molecular complexity index is 514. The maximum absolute atomic E-state index is 5.96. The fourth-order valence-corrected chi connectivity index (χ4v) is 3.52. The first kappa shape index (κ1) is 12.1. The maximum atomic E-state index is 5.96. The highest BCUT2D eigenvalue weighted by molar-refractivity contribution is 7.16. The van der Waals surface area contributed by atoms with Gasteiger partial charge in [0.1, 0.15) is 0 Å². The molecule has 1 saturated carbocycles. The second kappa shape index (κ2) is 5.33. The van der Waals surface area contributed by atoms with Crippen molar-refractivity contribution in [3.63, 3.8) is 0 Å². The topological polar surface area (TPSA) is 29.9 Å². The summed E-state index contributed by atoms with van der Waals surface area (Å²) in [6, 6.07) is 4.62. The van der Waals surface area contributed by atoms with Gasteiger partial charge < -0.3 is 9.88 Å². The number of thiophene rings is 1. The van der Waals surface area contributed by atoms with Crippen LogP contribution in [0.2, 0.25) is 4.34 Å². The first-order chi connectivity index (χ1) is 8.81. The van der Waals surface area contributed by atoms with E-state index in [4.69, 9.17) is 11.6 Å². The minimum atomic E-state index is 0.595. The largest absolute Gasteiger partial charge is 0.353 e. The average Bonchev–Trinajstić information content (AvgIpc) is 3.05. The molecule has 0 radical (unpaired) electrons. The molecule has 1 aliphatic carbocycles. The Morgan fingerprint density at radius 3 is 2.94 bits per heavy atom. The molecule has 1 N–H and O–H groups in total. The van der Waals surface area contributed by atoms with E-state index in [0.29, 0.717) is 6.04 Å². The normalized spacial score (nSPS) is 16.3. The molecule has 0 aliphatic heterocycles. The molecule has 2 aromatic rings. The van der Waals surface area contributed by atoms with Crippen LogP contribution >= 0.6 is 22.9 Å². The van der Waals surface area contributed by atoms with Crippen molar-refractivity contribution >= 4 is 28.9 Å². The van der Waals surface area contributed by atoms with Crippen molar-refractivity contribution in [2.45, 2.75) is 38.3 Å². The molecule has 0 bridgehead atoms. The van der Waals surface area contributed by atoms with E-state index in [9.17, 15) is 0 Å². The predicted molar refractivity (Wildman–Crippen MR) is 76.5 cm³/mol. The molecule has 2 aromatic heterocycles. The quantitative estimate of drug-likeness (QED) is 0.918. The van der Waals surface area contributed by atoms with Crippen LogP contribution in [0.15, 0.2) is 24.5 Å². The zero-order chi connectivity index (χ0) is 12.4. The standard InChI is InChI=1S/C13H16ClN3S/c14-12-6-5-11(18-12)9-17-8-7-15-13(17)16-10-3-1-2-4-10/h5-8,10H,1-4,9H2,(H,15,16). The van der Waals surface area contributed by atoms with Crippen LogP contribution in [0.4, 0.5) is 5.95 Å². The van der Waals surface area contributed by atoms with Crippen LogP contribution < -0.4 is 5.32 Å². The smallest absolute Gasteiger partial charge is 0.203 e. The number of anilines is 1. The van der Waals surface area contributed by atoms with Gasteiger partial charge in [-0.05, 0) is 25.0 Å². The Morgan fingerprint density at radius 1 is 1.39 bits per heavy atom. The van der Waals surface area contributed by atoms with Gasteiger partial charge in [-0.3, -0.25) is 0 Å². The summed E-state index contributed by atoms with van der Waals surface area (Å²) in [5.74, 6) is 0.978. The third-order valence-corrected chi connectivity index (χ3v) is 4.57. The predicted octanol–water partition coefficient (Wildman–Crippen LogP) is 4.00. The number of imidazole rings is 1. The number of aromatic nitrogens is 2. The molecule has 1 aliphatic rings. The van der Waals surface area contributed by atoms with Crippen LogP contribution in [0.25, 0.3) is 0 Å². The number of hydrogen-bond acceptors (Lipinski definition) is 3. The minimum absolute atomic E-state index is 0.595. The Morgan fingerprint density at radius 2 is 2.22 bits per heavy atom. The highest BCUT2D eigenvalue weighted by atomic mass is 35.5. The fourth-order valence-electron chi connectivity index (χ4n) is 2.43. The second-order valence-electron chi connectivity index (χ2n) is 4.71. The highest BCUT2D eigenvalue weighted by Gasteiger charge is 2.16. The number of nitrogens with one attached hydrogen (secondary N) is 1. The van der Waals surface area contributed by atoms with E-state index in [-0.39, 0.29) is 0 Å². The fraction of sp³-hybridized carbons (Fsp3) is 0.462. The van der Waals surface area contributed by atoms with Crippen LogP contribution in [0.3, 0.4) is 0 Å². The zero-order valence-electron chi connectivity index (χ0n) is 10.1. The van der Waals surface area contributed by atoms with Gasteiger partial charge >= 0.3 is 0 Å². The van der Waals surface area contributed by atoms with Crippen molar-refractivity contribution in [3.05, 3.63) is 33.7 Å². The summed E-state index contributed by atoms with van der Waals surface area (Å²) < 4.78 is 3.00. The van der Waals surface area contributed by atoms with Crippen molar-refractivity contribution < 1.29 is 0 Å². The first-order valence-corrected chi connectivity index (χ1v) is 7.52. The molecular formula is C13H16ClN3S. The van der Waals surface area contributed by atoms with E-state index in [1.54, 1.807) is 11.3 Å². The van der Waals surface area contributed by atoms with Crippen LogP contribution in [0, 0.1) is 0 Å². The molecule has 0 unspecified atom stereocenters. The molecule has 0 spiro atoms. The van der Waals surface area contributed by atoms with Gasteiger partial charge in [-0.15, -0.1) is 11.3 Å². The Hall–Kier alpha value is -1.00. The SMILES string of the molecule is Clc1ccc(Cn2ccnc2NC2CCCC2)s1. The molecule has 1 fully saturated rings. The van der Waals surface area contributed by atoms with Crippen molar-refractivity contribution in [1.82, 2.24) is 9.55 Å². The van der Waals surface area contributed by atoms with Gasteiger partial charge in [0.15, 0.2) is 0 Å². The van der Waals surface area contributed by atoms with Gasteiger partial charge in [0.05, 0.1) is 10.9 Å². The average molecular weight is 282 g/mol. The van der Waals surface area contributed by atoms with Gasteiger partial charge in [0.25, 0.3) is 0 Å². The summed E-state index contributed by atoms with van der Waals surface area (Å²) in [5, 5.41) is 3.54. The third kappa shape index (κ3) is 2.70. The lowest BCUT2D eigenvalue weighted by Gasteiger charge is -2.14. The van der Waals surface area contributed by atoms with Gasteiger partial charge in [-0.25, -0.2) is 4.98 Å². The molecule has 5 heteroatoms. The number of halogens is 1. The van der Waals surface area contributed by atoms with E-state index in [1.807, 2.05) is 18.5 Å². The molecule has 0 amide bonds. The summed E-state index contributed by atoms with van der Waals surface area (Å²) in [7, 11) is 0. The maximum Gasteiger partial charge on any atom is 0.203 e. The third-order valence-electron chi connectivity index (χ3n) is 3.36. The van der Waals surface area contributed by atoms with Crippen molar-refractivity contribution in [2.75, 3.05) is 5.32 Å². The van der Waals surface area contributed by atoms with E-state index in [2.05, 4.69) is 20.9 Å². The summed E-state index contributed by atoms with van der Waals surface area (Å²) in [5.41, 5.74) is 0. The number of hydrogen-bond donors (Lipinski definition) is 1. The molecular weight excluding hydrogens is 266 g/mol. The monoisotopic (exact) mass is 281 g/mol. The molecule has 3 rings (SSSR count). The van der Waals surface area contributed by atoms with E-state index in [1.165, 1.54) is 30.6 Å². The lowest BCUT2D eigenvalue weighted by atomic mass is 10.2. The molecule has 96 valence electrons. The van der Waals surface area contributed by atoms with Gasteiger partial charge in [0.2, 0.25) is 5.95 Å². The Balaban J connectivity index is 1.70. The second-order valence-corrected chi connectivity index (χ2v) is 6.51. The van der Waals surface area contributed by atoms with E-state index in [0.717, 1.165) is 16.8 Å². The zero-order valence-corrected chi connectivity index (χ0v) is 11.7. The Kier molecular flexibility index (Phi) is 3.57. The Labute approximate surface area is 116 Å². The van der Waals surface area contributed by atoms with Crippen molar-refractivity contribution in [1.29, 1.82) is 0 Å². The van der Waals surface area contributed by atoms with Gasteiger partial charge in [0, 0.05) is 23.3 Å². The van der Waals surface area contributed by atoms with Crippen molar-refractivity contribution in [3.8, 4) is 0 Å². The molecule has 0 atom stereocenters. The molecule has 0 aromatic carbocycles. The van der Waals surface area contributed by atoms with Crippen molar-refractivity contribution in [2.24, 2.45) is 0 Å². The molecule has 0 saturated heterocycles. The van der Waals surface area contributed by atoms with Gasteiger partial charge in [-0.1, -0.05) is 24.4 Å². The number of rotatable bonds is 4. The highest BCUT2D eigenvalue weighted by Crippen LogP contribution is 2.25. The van der Waals surface area contributed by atoms with E-state index >= 15 is 0 Å². The summed E-state index contributed by atoms with van der Waals surface area (Å²) >= 11 is 7.58. The minimum Gasteiger partial charge on any atom is -0.353 e. The molecule has 18 heavy (non-hydrogen) atoms. The number of nitrogens with zero attached hydrogens (tertiary/aromatic N) is 2. The van der Waals surface area contributed by atoms with Crippen LogP contribution in [-0.2, 0) is 6.54 Å². The first-order valence-electron chi connectivity index (χ1n) is 6.33. The summed E-state index contributed by atoms with van der Waals surface area (Å²) in [6.07, 6.45) is 9.06. The van der Waals surface area contributed by atoms with Crippen LogP contribution in [-0.4, -0.2) is 15.6 Å². The van der Waals surface area contributed by atoms with Crippen LogP contribution in [0.5, 0.6) is 0 Å². The van der Waals surface area contributed by atoms with E-state index < -0.39 is 0 Å².